The Balaban J connectivity index is 1.29. The number of nitrogens with one attached hydrogen (secondary N) is 1. The molecular formula is C22H27N3O2. The number of benzene rings is 1. The quantitative estimate of drug-likeness (QED) is 0.903. The number of nitrogens with zero attached hydrogens (tertiary/aromatic N) is 2. The second-order valence-corrected chi connectivity index (χ2v) is 7.44. The molecule has 2 aromatic rings. The molecule has 4 rings (SSSR count). The standard InChI is InChI=1S/C22H27N3O2/c26-22(19-8-11-21(23-16-19)25-12-14-27-15-13-25)24-20-9-6-18(7-10-20)17-4-2-1-3-5-17/h1-5,8,11,16,18,20H,6-7,9-10,12-15H2,(H,24,26). The van der Waals surface area contributed by atoms with Crippen LogP contribution in [0.5, 0.6) is 0 Å². The van der Waals surface area contributed by atoms with Crippen molar-refractivity contribution in [3.05, 3.63) is 59.8 Å². The first-order valence-electron chi connectivity index (χ1n) is 9.94. The lowest BCUT2D eigenvalue weighted by atomic mass is 9.82. The van der Waals surface area contributed by atoms with Crippen LogP contribution in [0.4, 0.5) is 5.82 Å². The number of hydrogen-bond acceptors (Lipinski definition) is 4. The number of aromatic nitrogens is 1. The average molecular weight is 365 g/mol. The molecule has 0 bridgehead atoms. The zero-order valence-electron chi connectivity index (χ0n) is 15.6. The third-order valence-electron chi connectivity index (χ3n) is 5.68. The van der Waals surface area contributed by atoms with Crippen molar-refractivity contribution in [2.45, 2.75) is 37.6 Å². The Hall–Kier alpha value is -2.40. The molecule has 1 N–H and O–H groups in total. The Kier molecular flexibility index (Phi) is 5.68. The van der Waals surface area contributed by atoms with Crippen LogP contribution in [0.2, 0.25) is 0 Å². The van der Waals surface area contributed by atoms with Crippen LogP contribution in [0.1, 0.15) is 47.5 Å². The number of anilines is 1. The Labute approximate surface area is 160 Å². The largest absolute Gasteiger partial charge is 0.378 e. The highest BCUT2D eigenvalue weighted by atomic mass is 16.5. The van der Waals surface area contributed by atoms with Gasteiger partial charge in [0.25, 0.3) is 5.91 Å². The van der Waals surface area contributed by atoms with Gasteiger partial charge in [-0.1, -0.05) is 30.3 Å². The van der Waals surface area contributed by atoms with Gasteiger partial charge in [0, 0.05) is 25.3 Å². The molecule has 0 atom stereocenters. The highest BCUT2D eigenvalue weighted by Gasteiger charge is 2.24. The fraction of sp³-hybridized carbons (Fsp3) is 0.455. The van der Waals surface area contributed by atoms with E-state index in [9.17, 15) is 4.79 Å². The minimum atomic E-state index is -0.0146. The average Bonchev–Trinajstić information content (AvgIpc) is 2.76. The van der Waals surface area contributed by atoms with Crippen LogP contribution < -0.4 is 10.2 Å². The van der Waals surface area contributed by atoms with Gasteiger partial charge in [0.05, 0.1) is 18.8 Å². The van der Waals surface area contributed by atoms with Gasteiger partial charge < -0.3 is 15.0 Å². The van der Waals surface area contributed by atoms with Crippen molar-refractivity contribution in [2.75, 3.05) is 31.2 Å². The fourth-order valence-corrected chi connectivity index (χ4v) is 4.06. The molecule has 142 valence electrons. The number of rotatable bonds is 4. The van der Waals surface area contributed by atoms with Crippen molar-refractivity contribution in [2.24, 2.45) is 0 Å². The van der Waals surface area contributed by atoms with E-state index in [1.807, 2.05) is 12.1 Å². The molecule has 0 spiro atoms. The van der Waals surface area contributed by atoms with Gasteiger partial charge in [-0.2, -0.15) is 0 Å². The number of carbonyl (C=O) groups excluding carboxylic acids is 1. The topological polar surface area (TPSA) is 54.5 Å². The van der Waals surface area contributed by atoms with Crippen LogP contribution >= 0.6 is 0 Å². The van der Waals surface area contributed by atoms with Crippen LogP contribution in [-0.2, 0) is 4.74 Å². The Morgan fingerprint density at radius 1 is 1.00 bits per heavy atom. The van der Waals surface area contributed by atoms with Gasteiger partial charge in [0.2, 0.25) is 0 Å². The summed E-state index contributed by atoms with van der Waals surface area (Å²) in [5, 5.41) is 3.19. The van der Waals surface area contributed by atoms with Gasteiger partial charge >= 0.3 is 0 Å². The minimum Gasteiger partial charge on any atom is -0.378 e. The predicted molar refractivity (Wildman–Crippen MR) is 106 cm³/mol. The number of amides is 1. The zero-order chi connectivity index (χ0) is 18.5. The molecule has 1 amide bonds. The molecule has 1 aliphatic heterocycles. The van der Waals surface area contributed by atoms with E-state index in [0.29, 0.717) is 11.5 Å². The summed E-state index contributed by atoms with van der Waals surface area (Å²) in [6.07, 6.45) is 6.01. The third kappa shape index (κ3) is 4.48. The Morgan fingerprint density at radius 2 is 1.74 bits per heavy atom. The summed E-state index contributed by atoms with van der Waals surface area (Å²) in [6, 6.07) is 14.8. The van der Waals surface area contributed by atoms with Crippen LogP contribution in [0, 0.1) is 0 Å². The fourth-order valence-electron chi connectivity index (χ4n) is 4.06. The third-order valence-corrected chi connectivity index (χ3v) is 5.68. The highest BCUT2D eigenvalue weighted by Crippen LogP contribution is 2.32. The molecule has 5 nitrogen and oxygen atoms in total. The first kappa shape index (κ1) is 18.0. The van der Waals surface area contributed by atoms with Gasteiger partial charge in [-0.15, -0.1) is 0 Å². The van der Waals surface area contributed by atoms with E-state index in [2.05, 4.69) is 45.5 Å². The summed E-state index contributed by atoms with van der Waals surface area (Å²) < 4.78 is 5.37. The number of hydrogen-bond donors (Lipinski definition) is 1. The molecule has 2 aliphatic rings. The summed E-state index contributed by atoms with van der Waals surface area (Å²) in [7, 11) is 0. The second kappa shape index (κ2) is 8.53. The van der Waals surface area contributed by atoms with Crippen molar-refractivity contribution >= 4 is 11.7 Å². The van der Waals surface area contributed by atoms with Crippen LogP contribution in [-0.4, -0.2) is 43.2 Å². The van der Waals surface area contributed by atoms with E-state index in [4.69, 9.17) is 4.74 Å². The number of carbonyl (C=O) groups is 1. The SMILES string of the molecule is O=C(NC1CCC(c2ccccc2)CC1)c1ccc(N2CCOCC2)nc1. The first-order valence-corrected chi connectivity index (χ1v) is 9.94. The molecular weight excluding hydrogens is 338 g/mol. The number of ether oxygens (including phenoxy) is 1. The van der Waals surface area contributed by atoms with Gasteiger partial charge in [0.1, 0.15) is 5.82 Å². The van der Waals surface area contributed by atoms with Crippen LogP contribution in [0.25, 0.3) is 0 Å². The zero-order valence-corrected chi connectivity index (χ0v) is 15.6. The van der Waals surface area contributed by atoms with E-state index in [-0.39, 0.29) is 11.9 Å². The molecule has 2 heterocycles. The Bertz CT molecular complexity index is 734. The van der Waals surface area contributed by atoms with E-state index >= 15 is 0 Å². The molecule has 1 aliphatic carbocycles. The maximum atomic E-state index is 12.6. The monoisotopic (exact) mass is 365 g/mol. The van der Waals surface area contributed by atoms with Crippen molar-refractivity contribution in [1.82, 2.24) is 10.3 Å². The summed E-state index contributed by atoms with van der Waals surface area (Å²) >= 11 is 0. The number of morpholine rings is 1. The minimum absolute atomic E-state index is 0.0146. The van der Waals surface area contributed by atoms with E-state index < -0.39 is 0 Å². The van der Waals surface area contributed by atoms with E-state index in [1.54, 1.807) is 6.20 Å². The summed E-state index contributed by atoms with van der Waals surface area (Å²) in [4.78, 5) is 19.2. The smallest absolute Gasteiger partial charge is 0.253 e. The molecule has 0 unspecified atom stereocenters. The lowest BCUT2D eigenvalue weighted by Gasteiger charge is -2.29. The number of pyridine rings is 1. The van der Waals surface area contributed by atoms with Crippen molar-refractivity contribution in [1.29, 1.82) is 0 Å². The second-order valence-electron chi connectivity index (χ2n) is 7.44. The summed E-state index contributed by atoms with van der Waals surface area (Å²) in [5.41, 5.74) is 2.06. The van der Waals surface area contributed by atoms with Crippen molar-refractivity contribution < 1.29 is 9.53 Å². The first-order chi connectivity index (χ1) is 13.3. The van der Waals surface area contributed by atoms with Gasteiger partial charge in [-0.05, 0) is 49.3 Å². The predicted octanol–water partition coefficient (Wildman–Crippen LogP) is 3.37. The molecule has 5 heteroatoms. The van der Waals surface area contributed by atoms with Crippen LogP contribution in [0.3, 0.4) is 0 Å². The van der Waals surface area contributed by atoms with E-state index in [0.717, 1.165) is 57.8 Å². The normalized spacial score (nSPS) is 23.0. The van der Waals surface area contributed by atoms with Gasteiger partial charge in [0.15, 0.2) is 0 Å². The molecule has 1 aromatic carbocycles. The van der Waals surface area contributed by atoms with Gasteiger partial charge in [-0.3, -0.25) is 4.79 Å². The molecule has 2 fully saturated rings. The summed E-state index contributed by atoms with van der Waals surface area (Å²) in [5.74, 6) is 1.52. The lowest BCUT2D eigenvalue weighted by Crippen LogP contribution is -2.38. The summed E-state index contributed by atoms with van der Waals surface area (Å²) in [6.45, 7) is 3.16. The van der Waals surface area contributed by atoms with Gasteiger partial charge in [-0.25, -0.2) is 4.98 Å². The maximum absolute atomic E-state index is 12.6. The molecule has 0 radical (unpaired) electrons. The molecule has 27 heavy (non-hydrogen) atoms. The highest BCUT2D eigenvalue weighted by molar-refractivity contribution is 5.94. The Morgan fingerprint density at radius 3 is 2.41 bits per heavy atom. The van der Waals surface area contributed by atoms with Crippen LogP contribution in [0.15, 0.2) is 48.7 Å². The van der Waals surface area contributed by atoms with E-state index in [1.165, 1.54) is 5.56 Å². The molecule has 1 saturated carbocycles. The lowest BCUT2D eigenvalue weighted by molar-refractivity contribution is 0.0925. The van der Waals surface area contributed by atoms with Crippen molar-refractivity contribution in [3.8, 4) is 0 Å². The molecule has 1 saturated heterocycles. The van der Waals surface area contributed by atoms with Crippen molar-refractivity contribution in [3.63, 3.8) is 0 Å². The maximum Gasteiger partial charge on any atom is 0.253 e. The molecule has 1 aromatic heterocycles.